The maximum Gasteiger partial charge on any atom is 0.251 e. The number of hydrogen-bond donors (Lipinski definition) is 2. The van der Waals surface area contributed by atoms with Crippen LogP contribution in [-0.2, 0) is 11.2 Å². The first-order valence-corrected chi connectivity index (χ1v) is 8.63. The Morgan fingerprint density at radius 3 is 2.69 bits per heavy atom. The standard InChI is InChI=1S/C21H21FN2O2/c1-13(2)14-6-8-19-16(10-14)11-15(21(26)24-19)7-9-20(25)23-18-5-3-4-17(22)12-18/h3-6,8,10-13H,7,9H2,1-2H3,(H,23,25)(H,24,26). The maximum absolute atomic E-state index is 13.2. The van der Waals surface area contributed by atoms with Gasteiger partial charge in [0.05, 0.1) is 0 Å². The highest BCUT2D eigenvalue weighted by Gasteiger charge is 2.09. The van der Waals surface area contributed by atoms with E-state index >= 15 is 0 Å². The number of H-pyrrole nitrogens is 1. The van der Waals surface area contributed by atoms with Gasteiger partial charge >= 0.3 is 0 Å². The monoisotopic (exact) mass is 352 g/mol. The highest BCUT2D eigenvalue weighted by atomic mass is 19.1. The number of nitrogens with one attached hydrogen (secondary N) is 2. The topological polar surface area (TPSA) is 62.0 Å². The molecule has 3 aromatic rings. The molecule has 0 bridgehead atoms. The first kappa shape index (κ1) is 17.9. The van der Waals surface area contributed by atoms with Crippen molar-refractivity contribution in [3.8, 4) is 0 Å². The van der Waals surface area contributed by atoms with Crippen LogP contribution in [0.1, 0.15) is 37.3 Å². The molecule has 134 valence electrons. The highest BCUT2D eigenvalue weighted by molar-refractivity contribution is 5.90. The summed E-state index contributed by atoms with van der Waals surface area (Å²) in [5.74, 6) is -0.271. The summed E-state index contributed by atoms with van der Waals surface area (Å²) >= 11 is 0. The normalized spacial score (nSPS) is 11.1. The molecule has 0 saturated heterocycles. The molecule has 2 N–H and O–H groups in total. The molecule has 1 amide bonds. The molecule has 26 heavy (non-hydrogen) atoms. The second kappa shape index (κ2) is 7.52. The summed E-state index contributed by atoms with van der Waals surface area (Å²) in [6, 6.07) is 13.6. The van der Waals surface area contributed by atoms with Crippen LogP contribution in [0.3, 0.4) is 0 Å². The van der Waals surface area contributed by atoms with Crippen molar-refractivity contribution in [3.05, 3.63) is 75.8 Å². The van der Waals surface area contributed by atoms with Crippen LogP contribution in [0.5, 0.6) is 0 Å². The van der Waals surface area contributed by atoms with Gasteiger partial charge in [-0.2, -0.15) is 0 Å². The van der Waals surface area contributed by atoms with Crippen molar-refractivity contribution < 1.29 is 9.18 Å². The summed E-state index contributed by atoms with van der Waals surface area (Å²) in [6.07, 6.45) is 0.466. The average molecular weight is 352 g/mol. The third kappa shape index (κ3) is 4.17. The molecule has 0 aliphatic carbocycles. The Bertz CT molecular complexity index is 1010. The van der Waals surface area contributed by atoms with Gasteiger partial charge in [-0.25, -0.2) is 4.39 Å². The zero-order chi connectivity index (χ0) is 18.7. The van der Waals surface area contributed by atoms with Crippen LogP contribution in [0.15, 0.2) is 53.3 Å². The van der Waals surface area contributed by atoms with Crippen molar-refractivity contribution in [3.63, 3.8) is 0 Å². The second-order valence-corrected chi connectivity index (χ2v) is 6.68. The quantitative estimate of drug-likeness (QED) is 0.716. The fourth-order valence-electron chi connectivity index (χ4n) is 2.85. The van der Waals surface area contributed by atoms with Gasteiger partial charge in [-0.15, -0.1) is 0 Å². The van der Waals surface area contributed by atoms with E-state index in [9.17, 15) is 14.0 Å². The molecule has 1 aromatic heterocycles. The lowest BCUT2D eigenvalue weighted by atomic mass is 10.00. The van der Waals surface area contributed by atoms with Gasteiger partial charge in [0.2, 0.25) is 5.91 Å². The van der Waals surface area contributed by atoms with E-state index in [1.165, 1.54) is 23.8 Å². The average Bonchev–Trinajstić information content (AvgIpc) is 2.59. The maximum atomic E-state index is 13.2. The van der Waals surface area contributed by atoms with Crippen LogP contribution in [0.25, 0.3) is 10.9 Å². The molecule has 0 atom stereocenters. The summed E-state index contributed by atoms with van der Waals surface area (Å²) in [5.41, 5.74) is 2.76. The van der Waals surface area contributed by atoms with Crippen molar-refractivity contribution in [2.24, 2.45) is 0 Å². The third-order valence-electron chi connectivity index (χ3n) is 4.34. The number of carbonyl (C=O) groups excluding carboxylic acids is 1. The summed E-state index contributed by atoms with van der Waals surface area (Å²) in [6.45, 7) is 4.23. The van der Waals surface area contributed by atoms with E-state index in [-0.39, 0.29) is 17.9 Å². The van der Waals surface area contributed by atoms with Crippen LogP contribution in [-0.4, -0.2) is 10.9 Å². The molecular weight excluding hydrogens is 331 g/mol. The van der Waals surface area contributed by atoms with E-state index in [0.717, 1.165) is 10.9 Å². The third-order valence-corrected chi connectivity index (χ3v) is 4.34. The van der Waals surface area contributed by atoms with Gasteiger partial charge in [-0.05, 0) is 59.7 Å². The molecule has 4 nitrogen and oxygen atoms in total. The number of aromatic amines is 1. The Morgan fingerprint density at radius 1 is 1.15 bits per heavy atom. The minimum absolute atomic E-state index is 0.148. The molecule has 0 radical (unpaired) electrons. The lowest BCUT2D eigenvalue weighted by Gasteiger charge is -2.09. The Hall–Kier alpha value is -2.95. The fourth-order valence-corrected chi connectivity index (χ4v) is 2.85. The molecule has 2 aromatic carbocycles. The largest absolute Gasteiger partial charge is 0.326 e. The number of pyridine rings is 1. The van der Waals surface area contributed by atoms with Gasteiger partial charge in [0.15, 0.2) is 0 Å². The molecule has 0 saturated carbocycles. The SMILES string of the molecule is CC(C)c1ccc2[nH]c(=O)c(CCC(=O)Nc3cccc(F)c3)cc2c1. The van der Waals surface area contributed by atoms with Crippen LogP contribution < -0.4 is 10.9 Å². The van der Waals surface area contributed by atoms with Crippen LogP contribution in [0, 0.1) is 5.82 Å². The predicted octanol–water partition coefficient (Wildman–Crippen LogP) is 4.36. The van der Waals surface area contributed by atoms with Gasteiger partial charge in [0.1, 0.15) is 5.82 Å². The fraction of sp³-hybridized carbons (Fsp3) is 0.238. The molecule has 0 aliphatic heterocycles. The number of halogens is 1. The zero-order valence-electron chi connectivity index (χ0n) is 14.8. The molecule has 5 heteroatoms. The van der Waals surface area contributed by atoms with Crippen LogP contribution >= 0.6 is 0 Å². The zero-order valence-corrected chi connectivity index (χ0v) is 14.8. The van der Waals surface area contributed by atoms with Gasteiger partial charge in [0, 0.05) is 23.2 Å². The molecule has 1 heterocycles. The minimum atomic E-state index is -0.408. The Kier molecular flexibility index (Phi) is 5.16. The van der Waals surface area contributed by atoms with E-state index in [2.05, 4.69) is 30.2 Å². The molecule has 0 unspecified atom stereocenters. The minimum Gasteiger partial charge on any atom is -0.326 e. The van der Waals surface area contributed by atoms with Gasteiger partial charge in [-0.3, -0.25) is 9.59 Å². The van der Waals surface area contributed by atoms with E-state index in [1.807, 2.05) is 18.2 Å². The molecule has 0 aliphatic rings. The highest BCUT2D eigenvalue weighted by Crippen LogP contribution is 2.20. The number of aryl methyl sites for hydroxylation is 1. The van der Waals surface area contributed by atoms with Crippen molar-refractivity contribution in [2.45, 2.75) is 32.6 Å². The summed E-state index contributed by atoms with van der Waals surface area (Å²) in [4.78, 5) is 27.2. The number of aromatic nitrogens is 1. The summed E-state index contributed by atoms with van der Waals surface area (Å²) < 4.78 is 13.2. The summed E-state index contributed by atoms with van der Waals surface area (Å²) in [5, 5.41) is 3.60. The number of benzene rings is 2. The lowest BCUT2D eigenvalue weighted by Crippen LogP contribution is -2.17. The molecule has 3 rings (SSSR count). The van der Waals surface area contributed by atoms with Gasteiger partial charge in [-0.1, -0.05) is 26.0 Å². The number of anilines is 1. The predicted molar refractivity (Wildman–Crippen MR) is 102 cm³/mol. The van der Waals surface area contributed by atoms with Crippen molar-refractivity contribution >= 4 is 22.5 Å². The number of carbonyl (C=O) groups is 1. The first-order valence-electron chi connectivity index (χ1n) is 8.63. The molecule has 0 spiro atoms. The number of hydrogen-bond acceptors (Lipinski definition) is 2. The van der Waals surface area contributed by atoms with Gasteiger partial charge in [0.25, 0.3) is 5.56 Å². The molecular formula is C21H21FN2O2. The van der Waals surface area contributed by atoms with E-state index in [4.69, 9.17) is 0 Å². The number of amides is 1. The van der Waals surface area contributed by atoms with Crippen molar-refractivity contribution in [1.29, 1.82) is 0 Å². The lowest BCUT2D eigenvalue weighted by molar-refractivity contribution is -0.116. The van der Waals surface area contributed by atoms with Crippen LogP contribution in [0.4, 0.5) is 10.1 Å². The van der Waals surface area contributed by atoms with Crippen molar-refractivity contribution in [2.75, 3.05) is 5.32 Å². The van der Waals surface area contributed by atoms with Crippen molar-refractivity contribution in [1.82, 2.24) is 4.98 Å². The number of rotatable bonds is 5. The number of fused-ring (bicyclic) bond motifs is 1. The Balaban J connectivity index is 1.74. The second-order valence-electron chi connectivity index (χ2n) is 6.68. The Labute approximate surface area is 151 Å². The first-order chi connectivity index (χ1) is 12.4. The Morgan fingerprint density at radius 2 is 1.96 bits per heavy atom. The van der Waals surface area contributed by atoms with E-state index in [0.29, 0.717) is 23.6 Å². The van der Waals surface area contributed by atoms with Crippen LogP contribution in [0.2, 0.25) is 0 Å². The van der Waals surface area contributed by atoms with Gasteiger partial charge < -0.3 is 10.3 Å². The van der Waals surface area contributed by atoms with E-state index in [1.54, 1.807) is 6.07 Å². The smallest absolute Gasteiger partial charge is 0.251 e. The molecule has 0 fully saturated rings. The summed E-state index contributed by atoms with van der Waals surface area (Å²) in [7, 11) is 0. The van der Waals surface area contributed by atoms with E-state index < -0.39 is 5.82 Å².